The lowest BCUT2D eigenvalue weighted by Gasteiger charge is -2.06. The molecule has 0 spiro atoms. The van der Waals surface area contributed by atoms with Gasteiger partial charge >= 0.3 is 0 Å². The first-order valence-corrected chi connectivity index (χ1v) is 5.53. The molecule has 92 valence electrons. The molecule has 0 atom stereocenters. The van der Waals surface area contributed by atoms with E-state index in [4.69, 9.17) is 4.74 Å². The molecule has 0 amide bonds. The highest BCUT2D eigenvalue weighted by molar-refractivity contribution is 5.50. The lowest BCUT2D eigenvalue weighted by Crippen LogP contribution is -1.94. The smallest absolute Gasteiger partial charge is 0.270 e. The highest BCUT2D eigenvalue weighted by atomic mass is 19.3. The Morgan fingerprint density at radius 1 is 0.944 bits per heavy atom. The van der Waals surface area contributed by atoms with E-state index in [-0.39, 0.29) is 0 Å². The van der Waals surface area contributed by atoms with Crippen molar-refractivity contribution in [1.29, 1.82) is 0 Å². The van der Waals surface area contributed by atoms with Crippen LogP contribution in [0.25, 0.3) is 6.08 Å². The molecule has 0 unspecified atom stereocenters. The topological polar surface area (TPSA) is 9.23 Å². The van der Waals surface area contributed by atoms with E-state index in [0.29, 0.717) is 17.9 Å². The minimum absolute atomic E-state index is 0.460. The van der Waals surface area contributed by atoms with Crippen LogP contribution in [-0.4, -0.2) is 0 Å². The second-order valence-corrected chi connectivity index (χ2v) is 3.78. The Bertz CT molecular complexity index is 514. The van der Waals surface area contributed by atoms with Gasteiger partial charge in [0.2, 0.25) is 0 Å². The molecule has 0 aromatic heterocycles. The summed E-state index contributed by atoms with van der Waals surface area (Å²) >= 11 is 0. The zero-order valence-electron chi connectivity index (χ0n) is 9.64. The predicted octanol–water partition coefficient (Wildman–Crippen LogP) is 4.50. The summed E-state index contributed by atoms with van der Waals surface area (Å²) < 4.78 is 29.6. The van der Waals surface area contributed by atoms with Crippen LogP contribution in [0.1, 0.15) is 11.1 Å². The van der Waals surface area contributed by atoms with E-state index in [0.717, 1.165) is 11.6 Å². The second-order valence-electron chi connectivity index (χ2n) is 3.78. The molecule has 0 aliphatic heterocycles. The molecule has 0 N–H and O–H groups in total. The molecule has 3 heteroatoms. The SMILES string of the molecule is FC(F)=Cc1ccc(OCc2ccccc2)cc1. The van der Waals surface area contributed by atoms with Crippen LogP contribution in [0.4, 0.5) is 8.78 Å². The summed E-state index contributed by atoms with van der Waals surface area (Å²) in [5.74, 6) is 0.662. The van der Waals surface area contributed by atoms with E-state index in [9.17, 15) is 8.78 Å². The van der Waals surface area contributed by atoms with Gasteiger partial charge in [-0.2, -0.15) is 8.78 Å². The number of ether oxygens (including phenoxy) is 1. The maximum atomic E-state index is 12.0. The fourth-order valence-electron chi connectivity index (χ4n) is 1.53. The monoisotopic (exact) mass is 246 g/mol. The van der Waals surface area contributed by atoms with Crippen LogP contribution in [0.3, 0.4) is 0 Å². The number of rotatable bonds is 4. The van der Waals surface area contributed by atoms with Crippen molar-refractivity contribution in [2.75, 3.05) is 0 Å². The van der Waals surface area contributed by atoms with Gasteiger partial charge < -0.3 is 4.74 Å². The van der Waals surface area contributed by atoms with Crippen LogP contribution in [-0.2, 0) is 6.61 Å². The maximum Gasteiger partial charge on any atom is 0.270 e. The van der Waals surface area contributed by atoms with Crippen LogP contribution >= 0.6 is 0 Å². The Hall–Kier alpha value is -2.16. The molecule has 0 saturated heterocycles. The normalized spacial score (nSPS) is 9.89. The number of hydrogen-bond acceptors (Lipinski definition) is 1. The first kappa shape index (κ1) is 12.3. The van der Waals surface area contributed by atoms with E-state index < -0.39 is 6.08 Å². The minimum atomic E-state index is -1.70. The van der Waals surface area contributed by atoms with E-state index in [1.165, 1.54) is 0 Å². The van der Waals surface area contributed by atoms with Crippen LogP contribution in [0, 0.1) is 0 Å². The standard InChI is InChI=1S/C15H12F2O/c16-15(17)10-12-6-8-14(9-7-12)18-11-13-4-2-1-3-5-13/h1-10H,11H2. The molecule has 0 bridgehead atoms. The lowest BCUT2D eigenvalue weighted by atomic mass is 10.2. The summed E-state index contributed by atoms with van der Waals surface area (Å²) in [6.07, 6.45) is -0.881. The molecule has 18 heavy (non-hydrogen) atoms. The van der Waals surface area contributed by atoms with Crippen LogP contribution in [0.5, 0.6) is 5.75 Å². The molecule has 0 aliphatic rings. The highest BCUT2D eigenvalue weighted by Gasteiger charge is 1.97. The van der Waals surface area contributed by atoms with E-state index in [2.05, 4.69) is 0 Å². The second kappa shape index (κ2) is 5.96. The molecule has 1 nitrogen and oxygen atoms in total. The van der Waals surface area contributed by atoms with Crippen molar-refractivity contribution in [3.05, 3.63) is 71.8 Å². The van der Waals surface area contributed by atoms with E-state index in [1.54, 1.807) is 24.3 Å². The largest absolute Gasteiger partial charge is 0.489 e. The van der Waals surface area contributed by atoms with Crippen LogP contribution < -0.4 is 4.74 Å². The van der Waals surface area contributed by atoms with E-state index >= 15 is 0 Å². The minimum Gasteiger partial charge on any atom is -0.489 e. The summed E-state index contributed by atoms with van der Waals surface area (Å²) in [5.41, 5.74) is 1.53. The zero-order valence-corrected chi connectivity index (χ0v) is 9.64. The first-order valence-electron chi connectivity index (χ1n) is 5.53. The van der Waals surface area contributed by atoms with Crippen LogP contribution in [0.15, 0.2) is 60.7 Å². The predicted molar refractivity (Wildman–Crippen MR) is 67.4 cm³/mol. The van der Waals surface area contributed by atoms with Gasteiger partial charge in [0.25, 0.3) is 6.08 Å². The molecule has 0 radical (unpaired) electrons. The van der Waals surface area contributed by atoms with Gasteiger partial charge in [-0.1, -0.05) is 42.5 Å². The Balaban J connectivity index is 1.97. The van der Waals surface area contributed by atoms with Crippen molar-refractivity contribution in [2.24, 2.45) is 0 Å². The van der Waals surface area contributed by atoms with Gasteiger partial charge in [-0.3, -0.25) is 0 Å². The van der Waals surface area contributed by atoms with Gasteiger partial charge in [0.05, 0.1) is 0 Å². The van der Waals surface area contributed by atoms with Gasteiger partial charge in [0, 0.05) is 6.08 Å². The molecule has 2 aromatic carbocycles. The van der Waals surface area contributed by atoms with Gasteiger partial charge in [-0.05, 0) is 23.3 Å². The van der Waals surface area contributed by atoms with Crippen molar-refractivity contribution >= 4 is 6.08 Å². The van der Waals surface area contributed by atoms with Crippen molar-refractivity contribution < 1.29 is 13.5 Å². The molecule has 0 aliphatic carbocycles. The fourth-order valence-corrected chi connectivity index (χ4v) is 1.53. The highest BCUT2D eigenvalue weighted by Crippen LogP contribution is 2.16. The summed E-state index contributed by atoms with van der Waals surface area (Å²) in [5, 5.41) is 0. The third-order valence-electron chi connectivity index (χ3n) is 2.40. The molecule has 0 fully saturated rings. The fraction of sp³-hybridized carbons (Fsp3) is 0.0667. The summed E-state index contributed by atoms with van der Waals surface area (Å²) in [7, 11) is 0. The molecular weight excluding hydrogens is 234 g/mol. The average molecular weight is 246 g/mol. The van der Waals surface area contributed by atoms with Gasteiger partial charge in [-0.15, -0.1) is 0 Å². The van der Waals surface area contributed by atoms with Crippen LogP contribution in [0.2, 0.25) is 0 Å². The third kappa shape index (κ3) is 3.70. The summed E-state index contributed by atoms with van der Waals surface area (Å²) in [6, 6.07) is 16.3. The first-order chi connectivity index (χ1) is 8.74. The molecule has 0 saturated carbocycles. The quantitative estimate of drug-likeness (QED) is 0.771. The molecule has 0 heterocycles. The van der Waals surface area contributed by atoms with E-state index in [1.807, 2.05) is 30.3 Å². The van der Waals surface area contributed by atoms with Crippen molar-refractivity contribution in [1.82, 2.24) is 0 Å². The van der Waals surface area contributed by atoms with Gasteiger partial charge in [0.15, 0.2) is 0 Å². The lowest BCUT2D eigenvalue weighted by molar-refractivity contribution is 0.306. The number of hydrogen-bond donors (Lipinski definition) is 0. The summed E-state index contributed by atoms with van der Waals surface area (Å²) in [4.78, 5) is 0. The van der Waals surface area contributed by atoms with Crippen molar-refractivity contribution in [2.45, 2.75) is 6.61 Å². The van der Waals surface area contributed by atoms with Gasteiger partial charge in [-0.25, -0.2) is 0 Å². The molecule has 2 rings (SSSR count). The zero-order chi connectivity index (χ0) is 12.8. The average Bonchev–Trinajstić information content (AvgIpc) is 2.38. The number of halogens is 2. The number of benzene rings is 2. The Morgan fingerprint density at radius 2 is 1.61 bits per heavy atom. The molecular formula is C15H12F2O. The Labute approximate surface area is 104 Å². The van der Waals surface area contributed by atoms with Gasteiger partial charge in [0.1, 0.15) is 12.4 Å². The Morgan fingerprint density at radius 3 is 2.22 bits per heavy atom. The van der Waals surface area contributed by atoms with Crippen molar-refractivity contribution in [3.8, 4) is 5.75 Å². The maximum absolute atomic E-state index is 12.0. The Kier molecular flexibility index (Phi) is 4.07. The summed E-state index contributed by atoms with van der Waals surface area (Å²) in [6.45, 7) is 0.466. The third-order valence-corrected chi connectivity index (χ3v) is 2.40. The molecule has 2 aromatic rings. The van der Waals surface area contributed by atoms with Crippen molar-refractivity contribution in [3.63, 3.8) is 0 Å².